The SMILES string of the molecule is COC(=O)C(c1ccccc1Cl)N1CCN(C(=O)c2ccc(N3CCCS3(=O)=O)cc2)CC1. The van der Waals surface area contributed by atoms with Crippen LogP contribution in [-0.2, 0) is 19.6 Å². The number of rotatable bonds is 5. The van der Waals surface area contributed by atoms with Crippen molar-refractivity contribution in [3.8, 4) is 0 Å². The normalized spacial score (nSPS) is 19.3. The van der Waals surface area contributed by atoms with Gasteiger partial charge in [-0.3, -0.25) is 14.0 Å². The molecule has 10 heteroatoms. The first-order valence-corrected chi connectivity index (χ1v) is 12.8. The van der Waals surface area contributed by atoms with Crippen molar-refractivity contribution in [3.63, 3.8) is 0 Å². The number of nitrogens with zero attached hydrogens (tertiary/aromatic N) is 3. The van der Waals surface area contributed by atoms with Crippen LogP contribution in [0.4, 0.5) is 5.69 Å². The molecule has 2 saturated heterocycles. The molecular weight excluding hydrogens is 466 g/mol. The van der Waals surface area contributed by atoms with Crippen molar-refractivity contribution < 1.29 is 22.7 Å². The van der Waals surface area contributed by atoms with Crippen LogP contribution in [0, 0.1) is 0 Å². The van der Waals surface area contributed by atoms with Gasteiger partial charge in [-0.15, -0.1) is 0 Å². The molecule has 176 valence electrons. The summed E-state index contributed by atoms with van der Waals surface area (Å²) < 4.78 is 30.6. The Morgan fingerprint density at radius 1 is 0.970 bits per heavy atom. The molecule has 0 saturated carbocycles. The minimum atomic E-state index is -3.26. The summed E-state index contributed by atoms with van der Waals surface area (Å²) in [7, 11) is -1.91. The molecule has 2 heterocycles. The average Bonchev–Trinajstić information content (AvgIpc) is 3.19. The number of amides is 1. The first-order chi connectivity index (χ1) is 15.8. The lowest BCUT2D eigenvalue weighted by molar-refractivity contribution is -0.148. The number of benzene rings is 2. The van der Waals surface area contributed by atoms with E-state index < -0.39 is 22.0 Å². The van der Waals surface area contributed by atoms with E-state index in [0.29, 0.717) is 61.0 Å². The van der Waals surface area contributed by atoms with Crippen molar-refractivity contribution in [2.75, 3.05) is 49.9 Å². The van der Waals surface area contributed by atoms with Gasteiger partial charge in [-0.1, -0.05) is 29.8 Å². The number of carbonyl (C=O) groups is 2. The largest absolute Gasteiger partial charge is 0.468 e. The number of carbonyl (C=O) groups excluding carboxylic acids is 2. The summed E-state index contributed by atoms with van der Waals surface area (Å²) >= 11 is 6.34. The molecule has 1 atom stereocenters. The second-order valence-electron chi connectivity index (χ2n) is 8.06. The lowest BCUT2D eigenvalue weighted by Gasteiger charge is -2.38. The molecule has 1 amide bonds. The lowest BCUT2D eigenvalue weighted by Crippen LogP contribution is -2.51. The second kappa shape index (κ2) is 9.70. The summed E-state index contributed by atoms with van der Waals surface area (Å²) in [6, 6.07) is 13.2. The highest BCUT2D eigenvalue weighted by Crippen LogP contribution is 2.30. The van der Waals surface area contributed by atoms with E-state index in [4.69, 9.17) is 16.3 Å². The van der Waals surface area contributed by atoms with Crippen LogP contribution in [0.25, 0.3) is 0 Å². The quantitative estimate of drug-likeness (QED) is 0.597. The molecule has 2 aliphatic rings. The lowest BCUT2D eigenvalue weighted by atomic mass is 10.0. The van der Waals surface area contributed by atoms with Gasteiger partial charge in [0, 0.05) is 43.3 Å². The molecule has 33 heavy (non-hydrogen) atoms. The van der Waals surface area contributed by atoms with E-state index in [1.165, 1.54) is 11.4 Å². The standard InChI is InChI=1S/C23H26ClN3O5S/c1-32-23(29)21(19-5-2-3-6-20(19)24)25-12-14-26(15-13-25)22(28)17-7-9-18(10-8-17)27-11-4-16-33(27,30)31/h2-3,5-10,21H,4,11-16H2,1H3. The van der Waals surface area contributed by atoms with Gasteiger partial charge in [0.1, 0.15) is 6.04 Å². The fourth-order valence-electron chi connectivity index (χ4n) is 4.35. The van der Waals surface area contributed by atoms with Crippen molar-refractivity contribution in [1.29, 1.82) is 0 Å². The van der Waals surface area contributed by atoms with Crippen LogP contribution < -0.4 is 4.31 Å². The third kappa shape index (κ3) is 4.85. The Morgan fingerprint density at radius 3 is 2.21 bits per heavy atom. The summed E-state index contributed by atoms with van der Waals surface area (Å²) in [6.07, 6.45) is 0.605. The van der Waals surface area contributed by atoms with Crippen LogP contribution in [0.2, 0.25) is 5.02 Å². The highest BCUT2D eigenvalue weighted by Gasteiger charge is 2.34. The molecule has 4 rings (SSSR count). The summed E-state index contributed by atoms with van der Waals surface area (Å²) in [6.45, 7) is 2.32. The Morgan fingerprint density at radius 2 is 1.64 bits per heavy atom. The van der Waals surface area contributed by atoms with Gasteiger partial charge >= 0.3 is 5.97 Å². The highest BCUT2D eigenvalue weighted by atomic mass is 35.5. The van der Waals surface area contributed by atoms with E-state index in [1.54, 1.807) is 41.3 Å². The summed E-state index contributed by atoms with van der Waals surface area (Å²) in [5.41, 5.74) is 1.76. The van der Waals surface area contributed by atoms with Gasteiger partial charge < -0.3 is 9.64 Å². The Hall–Kier alpha value is -2.62. The van der Waals surface area contributed by atoms with E-state index in [1.807, 2.05) is 17.0 Å². The van der Waals surface area contributed by atoms with Gasteiger partial charge in [0.15, 0.2) is 0 Å². The fraction of sp³-hybridized carbons (Fsp3) is 0.391. The molecule has 1 unspecified atom stereocenters. The average molecular weight is 492 g/mol. The van der Waals surface area contributed by atoms with E-state index >= 15 is 0 Å². The predicted octanol–water partition coefficient (Wildman–Crippen LogP) is 2.55. The van der Waals surface area contributed by atoms with E-state index in [2.05, 4.69) is 0 Å². The van der Waals surface area contributed by atoms with Crippen LogP contribution in [0.5, 0.6) is 0 Å². The molecule has 8 nitrogen and oxygen atoms in total. The second-order valence-corrected chi connectivity index (χ2v) is 10.5. The fourth-order valence-corrected chi connectivity index (χ4v) is 6.15. The third-order valence-electron chi connectivity index (χ3n) is 6.09. The molecule has 2 aromatic carbocycles. The number of hydrogen-bond acceptors (Lipinski definition) is 6. The number of halogens is 1. The minimum Gasteiger partial charge on any atom is -0.468 e. The van der Waals surface area contributed by atoms with Crippen molar-refractivity contribution in [1.82, 2.24) is 9.80 Å². The number of esters is 1. The highest BCUT2D eigenvalue weighted by molar-refractivity contribution is 7.93. The Kier molecular flexibility index (Phi) is 6.92. The molecule has 2 fully saturated rings. The monoisotopic (exact) mass is 491 g/mol. The maximum absolute atomic E-state index is 13.0. The smallest absolute Gasteiger partial charge is 0.327 e. The zero-order chi connectivity index (χ0) is 23.6. The Bertz CT molecular complexity index is 1130. The summed E-state index contributed by atoms with van der Waals surface area (Å²) in [4.78, 5) is 29.3. The van der Waals surface area contributed by atoms with Gasteiger partial charge in [0.25, 0.3) is 5.91 Å². The van der Waals surface area contributed by atoms with Gasteiger partial charge in [0.2, 0.25) is 10.0 Å². The molecule has 0 N–H and O–H groups in total. The molecule has 0 aromatic heterocycles. The minimum absolute atomic E-state index is 0.127. The maximum atomic E-state index is 13.0. The first kappa shape index (κ1) is 23.5. The zero-order valence-corrected chi connectivity index (χ0v) is 19.9. The Labute approximate surface area is 198 Å². The molecule has 2 aromatic rings. The predicted molar refractivity (Wildman–Crippen MR) is 126 cm³/mol. The van der Waals surface area contributed by atoms with E-state index in [0.717, 1.165) is 0 Å². The van der Waals surface area contributed by atoms with Crippen molar-refractivity contribution in [2.45, 2.75) is 12.5 Å². The molecular formula is C23H26ClN3O5S. The number of methoxy groups -OCH3 is 1. The van der Waals surface area contributed by atoms with Crippen molar-refractivity contribution in [3.05, 3.63) is 64.7 Å². The van der Waals surface area contributed by atoms with Crippen molar-refractivity contribution >= 4 is 39.2 Å². The summed E-state index contributed by atoms with van der Waals surface area (Å²) in [5.74, 6) is -0.369. The van der Waals surface area contributed by atoms with E-state index in [-0.39, 0.29) is 11.7 Å². The van der Waals surface area contributed by atoms with Gasteiger partial charge in [-0.2, -0.15) is 0 Å². The third-order valence-corrected chi connectivity index (χ3v) is 8.31. The van der Waals surface area contributed by atoms with Crippen molar-refractivity contribution in [2.24, 2.45) is 0 Å². The van der Waals surface area contributed by atoms with Crippen LogP contribution in [-0.4, -0.2) is 75.7 Å². The molecule has 0 radical (unpaired) electrons. The van der Waals surface area contributed by atoms with Crippen LogP contribution in [0.1, 0.15) is 28.4 Å². The molecule has 2 aliphatic heterocycles. The zero-order valence-electron chi connectivity index (χ0n) is 18.3. The Balaban J connectivity index is 1.43. The number of ether oxygens (including phenoxy) is 1. The molecule has 0 aliphatic carbocycles. The molecule has 0 bridgehead atoms. The number of hydrogen-bond donors (Lipinski definition) is 0. The van der Waals surface area contributed by atoms with Gasteiger partial charge in [-0.25, -0.2) is 13.2 Å². The topological polar surface area (TPSA) is 87.2 Å². The van der Waals surface area contributed by atoms with Crippen LogP contribution in [0.3, 0.4) is 0 Å². The number of piperazine rings is 1. The van der Waals surface area contributed by atoms with Gasteiger partial charge in [0.05, 0.1) is 18.6 Å². The summed E-state index contributed by atoms with van der Waals surface area (Å²) in [5, 5.41) is 0.492. The maximum Gasteiger partial charge on any atom is 0.327 e. The van der Waals surface area contributed by atoms with Gasteiger partial charge in [-0.05, 0) is 42.3 Å². The molecule has 0 spiro atoms. The number of anilines is 1. The first-order valence-electron chi connectivity index (χ1n) is 10.8. The van der Waals surface area contributed by atoms with E-state index in [9.17, 15) is 18.0 Å². The number of sulfonamides is 1. The van der Waals surface area contributed by atoms with Crippen LogP contribution in [0.15, 0.2) is 48.5 Å². The van der Waals surface area contributed by atoms with Crippen LogP contribution >= 0.6 is 11.6 Å².